The zero-order valence-corrected chi connectivity index (χ0v) is 12.9. The Hall–Kier alpha value is -1.27. The van der Waals surface area contributed by atoms with Gasteiger partial charge in [0.05, 0.1) is 25.3 Å². The zero-order chi connectivity index (χ0) is 14.6. The van der Waals surface area contributed by atoms with Gasteiger partial charge in [0.15, 0.2) is 17.6 Å². The van der Waals surface area contributed by atoms with Crippen LogP contribution in [-0.2, 0) is 9.53 Å². The maximum atomic E-state index is 11.7. The number of carbonyl (C=O) groups excluding carboxylic acids is 1. The van der Waals surface area contributed by atoms with Gasteiger partial charge in [0.1, 0.15) is 0 Å². The van der Waals surface area contributed by atoms with Crippen LogP contribution in [0.4, 0.5) is 0 Å². The number of hydrogen-bond acceptors (Lipinski definition) is 5. The second kappa shape index (κ2) is 6.77. The number of rotatable bonds is 5. The summed E-state index contributed by atoms with van der Waals surface area (Å²) >= 11 is 3.35. The van der Waals surface area contributed by atoms with Crippen molar-refractivity contribution >= 4 is 21.9 Å². The molecule has 1 unspecified atom stereocenters. The molecule has 1 aromatic carbocycles. The summed E-state index contributed by atoms with van der Waals surface area (Å²) in [4.78, 5) is 11.7. The number of halogens is 1. The number of methoxy groups -OCH3 is 2. The van der Waals surface area contributed by atoms with E-state index in [1.807, 2.05) is 0 Å². The zero-order valence-electron chi connectivity index (χ0n) is 11.3. The van der Waals surface area contributed by atoms with E-state index in [0.29, 0.717) is 27.1 Å². The minimum absolute atomic E-state index is 0.199. The lowest BCUT2D eigenvalue weighted by atomic mass is 10.0. The molecule has 6 heteroatoms. The van der Waals surface area contributed by atoms with Gasteiger partial charge in [0.2, 0.25) is 0 Å². The third kappa shape index (κ3) is 3.19. The molecule has 19 heavy (non-hydrogen) atoms. The van der Waals surface area contributed by atoms with Gasteiger partial charge in [-0.3, -0.25) is 0 Å². The quantitative estimate of drug-likeness (QED) is 0.838. The molecule has 1 N–H and O–H groups in total. The predicted octanol–water partition coefficient (Wildman–Crippen LogP) is 2.37. The second-order valence-electron chi connectivity index (χ2n) is 3.81. The average molecular weight is 333 g/mol. The third-order valence-corrected chi connectivity index (χ3v) is 3.22. The topological polar surface area (TPSA) is 65.0 Å². The summed E-state index contributed by atoms with van der Waals surface area (Å²) in [7, 11) is 2.93. The van der Waals surface area contributed by atoms with Gasteiger partial charge in [0, 0.05) is 5.56 Å². The van der Waals surface area contributed by atoms with E-state index in [2.05, 4.69) is 15.9 Å². The summed E-state index contributed by atoms with van der Waals surface area (Å²) < 4.78 is 16.0. The summed E-state index contributed by atoms with van der Waals surface area (Å²) in [6, 6.07) is 1.75. The van der Waals surface area contributed by atoms with Crippen molar-refractivity contribution in [1.82, 2.24) is 0 Å². The SMILES string of the molecule is CCOC(=O)C(O)c1c(C)cc(Br)c(OC)c1OC. The fourth-order valence-electron chi connectivity index (χ4n) is 1.81. The van der Waals surface area contributed by atoms with Gasteiger partial charge < -0.3 is 19.3 Å². The first-order chi connectivity index (χ1) is 8.97. The van der Waals surface area contributed by atoms with Crippen LogP contribution in [0.1, 0.15) is 24.2 Å². The van der Waals surface area contributed by atoms with E-state index < -0.39 is 12.1 Å². The Labute approximate surface area is 120 Å². The van der Waals surface area contributed by atoms with Crippen LogP contribution < -0.4 is 9.47 Å². The number of ether oxygens (including phenoxy) is 3. The second-order valence-corrected chi connectivity index (χ2v) is 4.66. The highest BCUT2D eigenvalue weighted by Gasteiger charge is 2.28. The van der Waals surface area contributed by atoms with Crippen LogP contribution in [-0.4, -0.2) is 31.9 Å². The van der Waals surface area contributed by atoms with Gasteiger partial charge in [0.25, 0.3) is 0 Å². The molecule has 0 aliphatic rings. The lowest BCUT2D eigenvalue weighted by Gasteiger charge is -2.19. The van der Waals surface area contributed by atoms with Gasteiger partial charge in [-0.15, -0.1) is 0 Å². The molecule has 0 bridgehead atoms. The number of aliphatic hydroxyl groups excluding tert-OH is 1. The summed E-state index contributed by atoms with van der Waals surface area (Å²) in [5.41, 5.74) is 1.05. The Morgan fingerprint density at radius 2 is 1.95 bits per heavy atom. The molecular weight excluding hydrogens is 316 g/mol. The number of esters is 1. The molecule has 1 rings (SSSR count). The minimum Gasteiger partial charge on any atom is -0.492 e. The van der Waals surface area contributed by atoms with Crippen molar-refractivity contribution in [2.24, 2.45) is 0 Å². The van der Waals surface area contributed by atoms with Crippen molar-refractivity contribution < 1.29 is 24.1 Å². The first kappa shape index (κ1) is 15.8. The number of hydrogen-bond donors (Lipinski definition) is 1. The number of aliphatic hydroxyl groups is 1. The molecule has 0 fully saturated rings. The molecule has 0 aliphatic carbocycles. The van der Waals surface area contributed by atoms with Gasteiger partial charge in [-0.2, -0.15) is 0 Å². The van der Waals surface area contributed by atoms with E-state index in [1.54, 1.807) is 19.9 Å². The molecule has 1 atom stereocenters. The molecule has 106 valence electrons. The number of carbonyl (C=O) groups is 1. The summed E-state index contributed by atoms with van der Waals surface area (Å²) in [5, 5.41) is 10.1. The average Bonchev–Trinajstić information content (AvgIpc) is 2.37. The van der Waals surface area contributed by atoms with Crippen LogP contribution in [0.15, 0.2) is 10.5 Å². The van der Waals surface area contributed by atoms with Crippen LogP contribution in [0.3, 0.4) is 0 Å². The molecule has 1 aromatic rings. The monoisotopic (exact) mass is 332 g/mol. The summed E-state index contributed by atoms with van der Waals surface area (Å²) in [6.45, 7) is 3.65. The van der Waals surface area contributed by atoms with Crippen molar-refractivity contribution in [2.75, 3.05) is 20.8 Å². The molecule has 0 saturated heterocycles. The summed E-state index contributed by atoms with van der Waals surface area (Å²) in [5.74, 6) is 0.0228. The van der Waals surface area contributed by atoms with E-state index in [4.69, 9.17) is 14.2 Å². The van der Waals surface area contributed by atoms with Crippen molar-refractivity contribution in [1.29, 1.82) is 0 Å². The first-order valence-electron chi connectivity index (χ1n) is 5.73. The van der Waals surface area contributed by atoms with Gasteiger partial charge in [-0.1, -0.05) is 0 Å². The third-order valence-electron chi connectivity index (χ3n) is 2.63. The van der Waals surface area contributed by atoms with E-state index in [9.17, 15) is 9.90 Å². The van der Waals surface area contributed by atoms with E-state index >= 15 is 0 Å². The van der Waals surface area contributed by atoms with E-state index in [-0.39, 0.29) is 6.61 Å². The lowest BCUT2D eigenvalue weighted by molar-refractivity contribution is -0.153. The molecule has 0 spiro atoms. The van der Waals surface area contributed by atoms with Crippen molar-refractivity contribution in [3.8, 4) is 11.5 Å². The Kier molecular flexibility index (Phi) is 5.62. The van der Waals surface area contributed by atoms with Crippen LogP contribution in [0.25, 0.3) is 0 Å². The van der Waals surface area contributed by atoms with Crippen LogP contribution in [0.2, 0.25) is 0 Å². The first-order valence-corrected chi connectivity index (χ1v) is 6.52. The Morgan fingerprint density at radius 3 is 2.42 bits per heavy atom. The van der Waals surface area contributed by atoms with E-state index in [0.717, 1.165) is 0 Å². The maximum Gasteiger partial charge on any atom is 0.339 e. The molecule has 0 aromatic heterocycles. The predicted molar refractivity (Wildman–Crippen MR) is 73.6 cm³/mol. The fraction of sp³-hybridized carbons (Fsp3) is 0.462. The van der Waals surface area contributed by atoms with Gasteiger partial charge >= 0.3 is 5.97 Å². The normalized spacial score (nSPS) is 11.9. The smallest absolute Gasteiger partial charge is 0.339 e. The Bertz CT molecular complexity index is 473. The maximum absolute atomic E-state index is 11.7. The van der Waals surface area contributed by atoms with Crippen LogP contribution in [0.5, 0.6) is 11.5 Å². The highest BCUT2D eigenvalue weighted by Crippen LogP contribution is 2.42. The largest absolute Gasteiger partial charge is 0.492 e. The standard InChI is InChI=1S/C13H17BrO5/c1-5-19-13(16)10(15)9-7(2)6-8(14)11(17-3)12(9)18-4/h6,10,15H,5H2,1-4H3. The Morgan fingerprint density at radius 1 is 1.37 bits per heavy atom. The Balaban J connectivity index is 3.37. The van der Waals surface area contributed by atoms with E-state index in [1.165, 1.54) is 14.2 Å². The highest BCUT2D eigenvalue weighted by atomic mass is 79.9. The molecule has 0 heterocycles. The molecule has 0 saturated carbocycles. The van der Waals surface area contributed by atoms with Crippen molar-refractivity contribution in [2.45, 2.75) is 20.0 Å². The molecular formula is C13H17BrO5. The number of benzene rings is 1. The molecule has 0 radical (unpaired) electrons. The van der Waals surface area contributed by atoms with Crippen molar-refractivity contribution in [3.05, 3.63) is 21.7 Å². The summed E-state index contributed by atoms with van der Waals surface area (Å²) in [6.07, 6.45) is -1.41. The fourth-order valence-corrected chi connectivity index (χ4v) is 2.50. The molecule has 0 aliphatic heterocycles. The van der Waals surface area contributed by atoms with Crippen LogP contribution in [0, 0.1) is 6.92 Å². The molecule has 5 nitrogen and oxygen atoms in total. The highest BCUT2D eigenvalue weighted by molar-refractivity contribution is 9.10. The van der Waals surface area contributed by atoms with Crippen molar-refractivity contribution in [3.63, 3.8) is 0 Å². The molecule has 0 amide bonds. The van der Waals surface area contributed by atoms with Gasteiger partial charge in [-0.05, 0) is 41.4 Å². The number of aryl methyl sites for hydroxylation is 1. The van der Waals surface area contributed by atoms with Crippen LogP contribution >= 0.6 is 15.9 Å². The lowest BCUT2D eigenvalue weighted by Crippen LogP contribution is -2.17. The minimum atomic E-state index is -1.41. The van der Waals surface area contributed by atoms with Gasteiger partial charge in [-0.25, -0.2) is 4.79 Å².